The van der Waals surface area contributed by atoms with Crippen LogP contribution in [0, 0.1) is 0 Å². The minimum Gasteiger partial charge on any atom is -0.308 e. The van der Waals surface area contributed by atoms with Gasteiger partial charge >= 0.3 is 0 Å². The lowest BCUT2D eigenvalue weighted by atomic mass is 9.81. The highest BCUT2D eigenvalue weighted by molar-refractivity contribution is 6.32. The molecule has 1 nitrogen and oxygen atoms in total. The van der Waals surface area contributed by atoms with Crippen molar-refractivity contribution in [3.63, 3.8) is 0 Å². The molecule has 15 rings (SSSR count). The summed E-state index contributed by atoms with van der Waals surface area (Å²) in [5.41, 5.74) is 11.1. The second kappa shape index (κ2) is 14.7. The van der Waals surface area contributed by atoms with Gasteiger partial charge in [0, 0.05) is 21.5 Å². The van der Waals surface area contributed by atoms with Crippen LogP contribution in [0.15, 0.2) is 249 Å². The van der Waals surface area contributed by atoms with Crippen molar-refractivity contribution in [2.75, 3.05) is 0 Å². The molecule has 0 atom stereocenters. The molecule has 0 unspecified atom stereocenters. The molecule has 0 bridgehead atoms. The molecule has 0 aliphatic heterocycles. The third kappa shape index (κ3) is 5.47. The fourth-order valence-corrected chi connectivity index (χ4v) is 12.2. The van der Waals surface area contributed by atoms with E-state index >= 15 is 0 Å². The second-order valence-electron chi connectivity index (χ2n) is 18.6. The first kappa shape index (κ1) is 38.1. The van der Waals surface area contributed by atoms with Crippen LogP contribution in [-0.2, 0) is 0 Å². The van der Waals surface area contributed by atoms with Gasteiger partial charge < -0.3 is 4.57 Å². The molecule has 14 aromatic carbocycles. The number of hydrogen-bond donors (Lipinski definition) is 0. The van der Waals surface area contributed by atoms with E-state index in [2.05, 4.69) is 253 Å². The summed E-state index contributed by atoms with van der Waals surface area (Å²) in [5, 5.41) is 22.5. The number of rotatable bonds is 4. The van der Waals surface area contributed by atoms with Gasteiger partial charge in [0.05, 0.1) is 16.7 Å². The first-order valence-corrected chi connectivity index (χ1v) is 24.0. The van der Waals surface area contributed by atoms with Crippen molar-refractivity contribution < 1.29 is 0 Å². The van der Waals surface area contributed by atoms with E-state index in [0.717, 1.165) is 0 Å². The number of fused-ring (bicyclic) bond motifs is 13. The van der Waals surface area contributed by atoms with Gasteiger partial charge in [-0.25, -0.2) is 0 Å². The van der Waals surface area contributed by atoms with E-state index in [1.54, 1.807) is 0 Å². The molecule has 0 amide bonds. The van der Waals surface area contributed by atoms with Gasteiger partial charge in [0.1, 0.15) is 0 Å². The van der Waals surface area contributed by atoms with E-state index in [0.29, 0.717) is 0 Å². The largest absolute Gasteiger partial charge is 0.308 e. The van der Waals surface area contributed by atoms with Gasteiger partial charge in [-0.15, -0.1) is 0 Å². The predicted octanol–water partition coefficient (Wildman–Crippen LogP) is 19.0. The standard InChI is InChI=1S/C68H41N/c1-2-20-44(21-3-1)62-52-28-12-13-29-53(52)64(56-37-34-47(41-59(56)62)63-50-26-10-6-22-45(50)40-46-23-7-11-27-51(46)63)65-54-30-14-16-32-57(54)68(58-33-17-15-31-55(58)65)69-60-38-35-42-18-4-8-24-48(42)66(60)67-49-25-9-5-19-43(49)36-39-61(67)69/h1-41H. The summed E-state index contributed by atoms with van der Waals surface area (Å²) >= 11 is 0. The summed E-state index contributed by atoms with van der Waals surface area (Å²) in [6.45, 7) is 0. The van der Waals surface area contributed by atoms with E-state index in [-0.39, 0.29) is 0 Å². The normalized spacial score (nSPS) is 12.1. The molecule has 0 fully saturated rings. The van der Waals surface area contributed by atoms with Gasteiger partial charge in [0.25, 0.3) is 0 Å². The van der Waals surface area contributed by atoms with Gasteiger partial charge in [-0.2, -0.15) is 0 Å². The monoisotopic (exact) mass is 871 g/mol. The Morgan fingerprint density at radius 3 is 1.10 bits per heavy atom. The Morgan fingerprint density at radius 2 is 0.580 bits per heavy atom. The number of nitrogens with zero attached hydrogens (tertiary/aromatic N) is 1. The molecule has 1 aromatic heterocycles. The van der Waals surface area contributed by atoms with E-state index in [1.807, 2.05) is 0 Å². The van der Waals surface area contributed by atoms with Crippen molar-refractivity contribution in [1.29, 1.82) is 0 Å². The number of hydrogen-bond acceptors (Lipinski definition) is 0. The third-order valence-electron chi connectivity index (χ3n) is 15.1. The molecule has 69 heavy (non-hydrogen) atoms. The van der Waals surface area contributed by atoms with E-state index in [4.69, 9.17) is 0 Å². The van der Waals surface area contributed by atoms with Crippen LogP contribution < -0.4 is 0 Å². The molecular formula is C68H41N. The zero-order valence-corrected chi connectivity index (χ0v) is 37.6. The van der Waals surface area contributed by atoms with Crippen molar-refractivity contribution in [3.05, 3.63) is 249 Å². The first-order valence-electron chi connectivity index (χ1n) is 24.0. The van der Waals surface area contributed by atoms with Gasteiger partial charge in [-0.1, -0.05) is 224 Å². The van der Waals surface area contributed by atoms with Crippen LogP contribution in [-0.4, -0.2) is 4.57 Å². The Bertz CT molecular complexity index is 4450. The highest BCUT2D eigenvalue weighted by Crippen LogP contribution is 2.52. The Hall–Kier alpha value is -9.04. The van der Waals surface area contributed by atoms with Crippen LogP contribution in [0.5, 0.6) is 0 Å². The summed E-state index contributed by atoms with van der Waals surface area (Å²) in [5.74, 6) is 0. The molecule has 0 N–H and O–H groups in total. The quantitative estimate of drug-likeness (QED) is 0.155. The lowest BCUT2D eigenvalue weighted by molar-refractivity contribution is 1.22. The Morgan fingerprint density at radius 1 is 0.203 bits per heavy atom. The van der Waals surface area contributed by atoms with E-state index in [9.17, 15) is 0 Å². The average Bonchev–Trinajstić information content (AvgIpc) is 3.76. The van der Waals surface area contributed by atoms with Crippen molar-refractivity contribution >= 4 is 108 Å². The fourth-order valence-electron chi connectivity index (χ4n) is 12.2. The molecule has 0 aliphatic carbocycles. The summed E-state index contributed by atoms with van der Waals surface area (Å²) < 4.78 is 2.58. The molecule has 0 spiro atoms. The highest BCUT2D eigenvalue weighted by atomic mass is 15.0. The molecule has 0 saturated carbocycles. The average molecular weight is 872 g/mol. The molecule has 0 saturated heterocycles. The molecule has 0 radical (unpaired) electrons. The fraction of sp³-hybridized carbons (Fsp3) is 0. The topological polar surface area (TPSA) is 4.93 Å². The maximum Gasteiger partial charge on any atom is 0.0619 e. The van der Waals surface area contributed by atoms with E-state index in [1.165, 1.54) is 147 Å². The number of benzene rings is 14. The number of aromatic nitrogens is 1. The summed E-state index contributed by atoms with van der Waals surface area (Å²) in [6.07, 6.45) is 0. The summed E-state index contributed by atoms with van der Waals surface area (Å²) in [6, 6.07) is 92.9. The Labute approximate surface area is 398 Å². The zero-order chi connectivity index (χ0) is 45.2. The smallest absolute Gasteiger partial charge is 0.0619 e. The highest BCUT2D eigenvalue weighted by Gasteiger charge is 2.26. The van der Waals surface area contributed by atoms with Gasteiger partial charge in [-0.3, -0.25) is 0 Å². The van der Waals surface area contributed by atoms with Crippen molar-refractivity contribution in [2.24, 2.45) is 0 Å². The third-order valence-corrected chi connectivity index (χ3v) is 15.1. The van der Waals surface area contributed by atoms with Crippen LogP contribution in [0.1, 0.15) is 0 Å². The molecule has 1 heteroatoms. The lowest BCUT2D eigenvalue weighted by Crippen LogP contribution is -2.00. The molecule has 318 valence electrons. The van der Waals surface area contributed by atoms with Gasteiger partial charge in [0.15, 0.2) is 0 Å². The minimum atomic E-state index is 1.20. The zero-order valence-electron chi connectivity index (χ0n) is 37.6. The van der Waals surface area contributed by atoms with Crippen molar-refractivity contribution in [1.82, 2.24) is 4.57 Å². The maximum absolute atomic E-state index is 2.58. The predicted molar refractivity (Wildman–Crippen MR) is 297 cm³/mol. The van der Waals surface area contributed by atoms with Gasteiger partial charge in [0.2, 0.25) is 0 Å². The van der Waals surface area contributed by atoms with Crippen LogP contribution in [0.2, 0.25) is 0 Å². The maximum atomic E-state index is 2.58. The van der Waals surface area contributed by atoms with Crippen LogP contribution >= 0.6 is 0 Å². The van der Waals surface area contributed by atoms with Gasteiger partial charge in [-0.05, 0) is 133 Å². The Kier molecular flexibility index (Phi) is 8.13. The summed E-state index contributed by atoms with van der Waals surface area (Å²) in [4.78, 5) is 0. The molecule has 1 heterocycles. The second-order valence-corrected chi connectivity index (χ2v) is 18.6. The molecular weight excluding hydrogens is 831 g/mol. The van der Waals surface area contributed by atoms with Crippen molar-refractivity contribution in [3.8, 4) is 39.1 Å². The molecule has 0 aliphatic rings. The first-order chi connectivity index (χ1) is 34.3. The van der Waals surface area contributed by atoms with Crippen LogP contribution in [0.25, 0.3) is 147 Å². The molecule has 15 aromatic rings. The lowest BCUT2D eigenvalue weighted by Gasteiger charge is -2.23. The Balaban J connectivity index is 1.11. The SMILES string of the molecule is c1ccc(-c2c3ccccc3c(-c3c4ccccc4c(-n4c5ccc6ccccc6c5c5c6ccccc6ccc54)c4ccccc34)c3ccc(-c4c5ccccc5cc5ccccc45)cc23)cc1. The minimum absolute atomic E-state index is 1.20. The van der Waals surface area contributed by atoms with Crippen molar-refractivity contribution in [2.45, 2.75) is 0 Å². The van der Waals surface area contributed by atoms with E-state index < -0.39 is 0 Å². The summed E-state index contributed by atoms with van der Waals surface area (Å²) in [7, 11) is 0. The van der Waals surface area contributed by atoms with Crippen LogP contribution in [0.3, 0.4) is 0 Å². The van der Waals surface area contributed by atoms with Crippen LogP contribution in [0.4, 0.5) is 0 Å².